The highest BCUT2D eigenvalue weighted by atomic mass is 15.3. The van der Waals surface area contributed by atoms with Gasteiger partial charge in [-0.1, -0.05) is 5.11 Å². The number of hydrogen-bond donors (Lipinski definition) is 0. The molecule has 0 aliphatic heterocycles. The minimum atomic E-state index is 0.639. The van der Waals surface area contributed by atoms with Crippen molar-refractivity contribution in [2.24, 2.45) is 5.11 Å². The van der Waals surface area contributed by atoms with E-state index in [4.69, 9.17) is 5.53 Å². The van der Waals surface area contributed by atoms with Crippen molar-refractivity contribution in [3.8, 4) is 0 Å². The molecule has 0 spiro atoms. The van der Waals surface area contributed by atoms with Crippen LogP contribution < -0.4 is 0 Å². The summed E-state index contributed by atoms with van der Waals surface area (Å²) < 4.78 is 1.05. The molecule has 4 heteroatoms. The monoisotopic (exact) mass is 171 g/mol. The van der Waals surface area contributed by atoms with Gasteiger partial charge in [-0.05, 0) is 25.3 Å². The van der Waals surface area contributed by atoms with Gasteiger partial charge in [0.15, 0.2) is 0 Å². The van der Waals surface area contributed by atoms with E-state index in [-0.39, 0.29) is 0 Å². The second kappa shape index (κ2) is 5.86. The van der Waals surface area contributed by atoms with Crippen LogP contribution in [0.3, 0.4) is 0 Å². The van der Waals surface area contributed by atoms with Crippen molar-refractivity contribution in [1.29, 1.82) is 0 Å². The van der Waals surface area contributed by atoms with Gasteiger partial charge in [-0.25, -0.2) is 0 Å². The topological polar surface area (TPSA) is 48.8 Å². The summed E-state index contributed by atoms with van der Waals surface area (Å²) in [6.07, 6.45) is 2.14. The normalized spacial score (nSPS) is 10.9. The van der Waals surface area contributed by atoms with E-state index in [0.717, 1.165) is 30.4 Å². The van der Waals surface area contributed by atoms with Crippen LogP contribution in [0.2, 0.25) is 0 Å². The predicted molar refractivity (Wildman–Crippen MR) is 50.8 cm³/mol. The van der Waals surface area contributed by atoms with Crippen LogP contribution in [0.15, 0.2) is 5.11 Å². The molecule has 70 valence electrons. The minimum Gasteiger partial charge on any atom is -0.329 e. The molecule has 0 aromatic heterocycles. The number of azide groups is 1. The Morgan fingerprint density at radius 3 is 2.50 bits per heavy atom. The average molecular weight is 171 g/mol. The first-order valence-electron chi connectivity index (χ1n) is 4.45. The highest BCUT2D eigenvalue weighted by Gasteiger charge is 2.09. The third-order valence-electron chi connectivity index (χ3n) is 2.19. The van der Waals surface area contributed by atoms with Crippen molar-refractivity contribution in [3.63, 3.8) is 0 Å². The molecule has 0 fully saturated rings. The highest BCUT2D eigenvalue weighted by molar-refractivity contribution is 4.47. The molecule has 0 unspecified atom stereocenters. The van der Waals surface area contributed by atoms with Crippen LogP contribution >= 0.6 is 0 Å². The van der Waals surface area contributed by atoms with E-state index < -0.39 is 0 Å². The molecule has 4 nitrogen and oxygen atoms in total. The molecule has 0 saturated heterocycles. The van der Waals surface area contributed by atoms with Gasteiger partial charge >= 0.3 is 0 Å². The Morgan fingerprint density at radius 2 is 2.00 bits per heavy atom. The fraction of sp³-hybridized carbons (Fsp3) is 1.00. The molecule has 12 heavy (non-hydrogen) atoms. The SMILES string of the molecule is CC[N+](C)(C)CCCCN=[N+]=[N-]. The van der Waals surface area contributed by atoms with Gasteiger partial charge in [-0.2, -0.15) is 0 Å². The summed E-state index contributed by atoms with van der Waals surface area (Å²) in [5.74, 6) is 0. The van der Waals surface area contributed by atoms with Gasteiger partial charge in [0, 0.05) is 11.5 Å². The minimum absolute atomic E-state index is 0.639. The zero-order chi connectivity index (χ0) is 9.45. The van der Waals surface area contributed by atoms with E-state index in [1.807, 2.05) is 0 Å². The van der Waals surface area contributed by atoms with Gasteiger partial charge in [0.2, 0.25) is 0 Å². The first-order valence-corrected chi connectivity index (χ1v) is 4.45. The molecule has 0 aliphatic rings. The van der Waals surface area contributed by atoms with Crippen LogP contribution in [-0.2, 0) is 0 Å². The second-order valence-corrected chi connectivity index (χ2v) is 3.64. The van der Waals surface area contributed by atoms with E-state index >= 15 is 0 Å². The van der Waals surface area contributed by atoms with Crippen LogP contribution in [0.1, 0.15) is 19.8 Å². The van der Waals surface area contributed by atoms with E-state index in [1.54, 1.807) is 0 Å². The Hall–Kier alpha value is -0.730. The van der Waals surface area contributed by atoms with E-state index in [2.05, 4.69) is 31.0 Å². The number of unbranched alkanes of at least 4 members (excludes halogenated alkanes) is 1. The van der Waals surface area contributed by atoms with Gasteiger partial charge in [-0.3, -0.25) is 0 Å². The smallest absolute Gasteiger partial charge is 0.0782 e. The summed E-state index contributed by atoms with van der Waals surface area (Å²) in [4.78, 5) is 2.71. The first kappa shape index (κ1) is 11.3. The Balaban J connectivity index is 3.36. The van der Waals surface area contributed by atoms with Crippen LogP contribution in [-0.4, -0.2) is 38.2 Å². The fourth-order valence-electron chi connectivity index (χ4n) is 0.925. The maximum atomic E-state index is 8.03. The Labute approximate surface area is 74.4 Å². The molecule has 0 heterocycles. The maximum Gasteiger partial charge on any atom is 0.0782 e. The largest absolute Gasteiger partial charge is 0.329 e. The van der Waals surface area contributed by atoms with Crippen molar-refractivity contribution in [3.05, 3.63) is 10.4 Å². The fourth-order valence-corrected chi connectivity index (χ4v) is 0.925. The number of quaternary nitrogens is 1. The van der Waals surface area contributed by atoms with Crippen LogP contribution in [0.4, 0.5) is 0 Å². The summed E-state index contributed by atoms with van der Waals surface area (Å²) in [6.45, 7) is 5.15. The Bertz CT molecular complexity index is 158. The lowest BCUT2D eigenvalue weighted by molar-refractivity contribution is -0.888. The number of nitrogens with zero attached hydrogens (tertiary/aromatic N) is 4. The molecule has 0 radical (unpaired) electrons. The molecule has 0 atom stereocenters. The zero-order valence-electron chi connectivity index (χ0n) is 8.32. The second-order valence-electron chi connectivity index (χ2n) is 3.64. The molecule has 0 rings (SSSR count). The van der Waals surface area contributed by atoms with Gasteiger partial charge in [0.05, 0.1) is 27.2 Å². The van der Waals surface area contributed by atoms with Crippen molar-refractivity contribution in [2.45, 2.75) is 19.8 Å². The summed E-state index contributed by atoms with van der Waals surface area (Å²) >= 11 is 0. The molecule has 0 aromatic carbocycles. The number of rotatable bonds is 6. The third-order valence-corrected chi connectivity index (χ3v) is 2.19. The Kier molecular flexibility index (Phi) is 5.51. The van der Waals surface area contributed by atoms with Gasteiger partial charge in [0.1, 0.15) is 0 Å². The molecule has 0 bridgehead atoms. The lowest BCUT2D eigenvalue weighted by atomic mass is 10.3. The summed E-state index contributed by atoms with van der Waals surface area (Å²) in [5, 5.41) is 3.49. The summed E-state index contributed by atoms with van der Waals surface area (Å²) in [5.41, 5.74) is 8.03. The van der Waals surface area contributed by atoms with E-state index in [9.17, 15) is 0 Å². The van der Waals surface area contributed by atoms with E-state index in [0.29, 0.717) is 6.54 Å². The lowest BCUT2D eigenvalue weighted by Crippen LogP contribution is -2.39. The van der Waals surface area contributed by atoms with Gasteiger partial charge in [-0.15, -0.1) is 0 Å². The average Bonchev–Trinajstić information content (AvgIpc) is 2.04. The molecular formula is C8H19N4+. The van der Waals surface area contributed by atoms with Crippen LogP contribution in [0.5, 0.6) is 0 Å². The molecule has 0 saturated carbocycles. The molecule has 0 aliphatic carbocycles. The third kappa shape index (κ3) is 6.01. The quantitative estimate of drug-likeness (QED) is 0.193. The molecule has 0 amide bonds. The summed E-state index contributed by atoms with van der Waals surface area (Å²) in [7, 11) is 4.43. The van der Waals surface area contributed by atoms with Crippen LogP contribution in [0, 0.1) is 0 Å². The predicted octanol–water partition coefficient (Wildman–Crippen LogP) is 2.17. The highest BCUT2D eigenvalue weighted by Crippen LogP contribution is 2.00. The van der Waals surface area contributed by atoms with Crippen molar-refractivity contribution >= 4 is 0 Å². The van der Waals surface area contributed by atoms with Crippen molar-refractivity contribution in [2.75, 3.05) is 33.7 Å². The standard InChI is InChI=1S/C8H19N4/c1-4-12(2,3)8-6-5-7-10-11-9/h4-8H2,1-3H3/q+1. The molecule has 0 aromatic rings. The molecule has 0 N–H and O–H groups in total. The van der Waals surface area contributed by atoms with Gasteiger partial charge < -0.3 is 4.48 Å². The van der Waals surface area contributed by atoms with Crippen molar-refractivity contribution in [1.82, 2.24) is 0 Å². The number of hydrogen-bond acceptors (Lipinski definition) is 1. The summed E-state index contributed by atoms with van der Waals surface area (Å²) in [6, 6.07) is 0. The first-order chi connectivity index (χ1) is 5.62. The van der Waals surface area contributed by atoms with Crippen molar-refractivity contribution < 1.29 is 4.48 Å². The molecular weight excluding hydrogens is 152 g/mol. The maximum absolute atomic E-state index is 8.03. The lowest BCUT2D eigenvalue weighted by Gasteiger charge is -2.27. The zero-order valence-corrected chi connectivity index (χ0v) is 8.32. The van der Waals surface area contributed by atoms with Gasteiger partial charge in [0.25, 0.3) is 0 Å². The van der Waals surface area contributed by atoms with Crippen LogP contribution in [0.25, 0.3) is 10.4 Å². The Morgan fingerprint density at radius 1 is 1.33 bits per heavy atom. The van der Waals surface area contributed by atoms with E-state index in [1.165, 1.54) is 0 Å².